The average molecular weight is 403 g/mol. The lowest BCUT2D eigenvalue weighted by Gasteiger charge is -2.34. The second-order valence-electron chi connectivity index (χ2n) is 8.44. The molecule has 2 N–H and O–H groups in total. The number of guanidine groups is 1. The maximum Gasteiger partial charge on any atom is 0.191 e. The second-order valence-corrected chi connectivity index (χ2v) is 8.44. The number of pyridine rings is 1. The van der Waals surface area contributed by atoms with E-state index in [2.05, 4.69) is 58.3 Å². The Bertz CT molecular complexity index is 627. The Labute approximate surface area is 175 Å². The summed E-state index contributed by atoms with van der Waals surface area (Å²) in [5.74, 6) is 2.60. The van der Waals surface area contributed by atoms with Crippen LogP contribution in [0, 0.1) is 5.92 Å². The molecular weight excluding hydrogens is 364 g/mol. The fourth-order valence-corrected chi connectivity index (χ4v) is 3.95. The lowest BCUT2D eigenvalue weighted by Crippen LogP contribution is -2.50. The molecule has 0 bridgehead atoms. The van der Waals surface area contributed by atoms with Crippen molar-refractivity contribution in [1.82, 2.24) is 20.5 Å². The molecule has 7 nitrogen and oxygen atoms in total. The van der Waals surface area contributed by atoms with Crippen LogP contribution >= 0.6 is 0 Å². The standard InChI is InChI=1S/C22H38N6O/c1-4-23-22(26-15-20-17-27(11-12-29-20)16-18(2)3)25-14-19-7-8-21(24-13-19)28-9-5-6-10-28/h7-8,13,18,20H,4-6,9-12,14-17H2,1-3H3,(H2,23,25,26). The normalized spacial score (nSPS) is 21.0. The van der Waals surface area contributed by atoms with E-state index in [9.17, 15) is 0 Å². The fourth-order valence-electron chi connectivity index (χ4n) is 3.95. The van der Waals surface area contributed by atoms with E-state index < -0.39 is 0 Å². The van der Waals surface area contributed by atoms with Crippen LogP contribution in [0.2, 0.25) is 0 Å². The smallest absolute Gasteiger partial charge is 0.191 e. The Kier molecular flexibility index (Phi) is 8.55. The van der Waals surface area contributed by atoms with Crippen LogP contribution in [0.4, 0.5) is 5.82 Å². The van der Waals surface area contributed by atoms with Gasteiger partial charge in [-0.05, 0) is 37.3 Å². The predicted octanol–water partition coefficient (Wildman–Crippen LogP) is 2.09. The fraction of sp³-hybridized carbons (Fsp3) is 0.727. The van der Waals surface area contributed by atoms with E-state index in [1.165, 1.54) is 12.8 Å². The van der Waals surface area contributed by atoms with Gasteiger partial charge < -0.3 is 20.3 Å². The van der Waals surface area contributed by atoms with Gasteiger partial charge in [-0.2, -0.15) is 0 Å². The summed E-state index contributed by atoms with van der Waals surface area (Å²) in [7, 11) is 0. The van der Waals surface area contributed by atoms with Gasteiger partial charge in [-0.3, -0.25) is 4.90 Å². The Morgan fingerprint density at radius 1 is 1.24 bits per heavy atom. The molecule has 2 saturated heterocycles. The molecule has 162 valence electrons. The Hall–Kier alpha value is -1.86. The van der Waals surface area contributed by atoms with Gasteiger partial charge in [0.15, 0.2) is 5.96 Å². The summed E-state index contributed by atoms with van der Waals surface area (Å²) in [6, 6.07) is 4.26. The number of rotatable bonds is 8. The first-order valence-corrected chi connectivity index (χ1v) is 11.2. The van der Waals surface area contributed by atoms with Crippen molar-refractivity contribution in [2.24, 2.45) is 10.9 Å². The zero-order valence-corrected chi connectivity index (χ0v) is 18.4. The number of aromatic nitrogens is 1. The number of nitrogens with one attached hydrogen (secondary N) is 2. The zero-order valence-electron chi connectivity index (χ0n) is 18.4. The topological polar surface area (TPSA) is 65.0 Å². The third-order valence-electron chi connectivity index (χ3n) is 5.35. The molecular formula is C22H38N6O. The molecule has 1 aromatic rings. The second kappa shape index (κ2) is 11.4. The summed E-state index contributed by atoms with van der Waals surface area (Å²) in [6.07, 6.45) is 4.69. The van der Waals surface area contributed by atoms with Gasteiger partial charge in [-0.1, -0.05) is 19.9 Å². The molecule has 0 amide bonds. The third kappa shape index (κ3) is 7.16. The highest BCUT2D eigenvalue weighted by Gasteiger charge is 2.21. The van der Waals surface area contributed by atoms with Crippen molar-refractivity contribution in [3.63, 3.8) is 0 Å². The quantitative estimate of drug-likeness (QED) is 0.513. The number of nitrogens with zero attached hydrogens (tertiary/aromatic N) is 4. The molecule has 29 heavy (non-hydrogen) atoms. The summed E-state index contributed by atoms with van der Waals surface area (Å²) in [6.45, 7) is 15.0. The summed E-state index contributed by atoms with van der Waals surface area (Å²) in [5.41, 5.74) is 1.13. The molecule has 0 aliphatic carbocycles. The summed E-state index contributed by atoms with van der Waals surface area (Å²) >= 11 is 0. The number of hydrogen-bond acceptors (Lipinski definition) is 5. The van der Waals surface area contributed by atoms with Gasteiger partial charge in [0.05, 0.1) is 19.3 Å². The molecule has 2 fully saturated rings. The van der Waals surface area contributed by atoms with Crippen LogP contribution in [0.5, 0.6) is 0 Å². The van der Waals surface area contributed by atoms with Crippen molar-refractivity contribution < 1.29 is 4.74 Å². The van der Waals surface area contributed by atoms with Crippen molar-refractivity contribution in [1.29, 1.82) is 0 Å². The van der Waals surface area contributed by atoms with E-state index in [1.807, 2.05) is 6.20 Å². The van der Waals surface area contributed by atoms with Crippen LogP contribution in [-0.4, -0.2) is 74.4 Å². The van der Waals surface area contributed by atoms with Crippen molar-refractivity contribution >= 4 is 11.8 Å². The van der Waals surface area contributed by atoms with Crippen molar-refractivity contribution in [3.8, 4) is 0 Å². The van der Waals surface area contributed by atoms with Gasteiger partial charge in [0, 0.05) is 52.0 Å². The minimum atomic E-state index is 0.202. The molecule has 1 atom stereocenters. The van der Waals surface area contributed by atoms with Gasteiger partial charge in [0.25, 0.3) is 0 Å². The molecule has 2 aliphatic heterocycles. The first-order valence-electron chi connectivity index (χ1n) is 11.2. The van der Waals surface area contributed by atoms with E-state index in [1.54, 1.807) is 0 Å². The number of morpholine rings is 1. The molecule has 0 radical (unpaired) electrons. The number of ether oxygens (including phenoxy) is 1. The first-order chi connectivity index (χ1) is 14.1. The van der Waals surface area contributed by atoms with Crippen molar-refractivity contribution in [3.05, 3.63) is 23.9 Å². The molecule has 0 saturated carbocycles. The molecule has 2 aliphatic rings. The number of anilines is 1. The minimum absolute atomic E-state index is 0.202. The lowest BCUT2D eigenvalue weighted by molar-refractivity contribution is -0.0284. The number of hydrogen-bond donors (Lipinski definition) is 2. The van der Waals surface area contributed by atoms with Crippen molar-refractivity contribution in [2.45, 2.75) is 46.3 Å². The molecule has 3 rings (SSSR count). The Balaban J connectivity index is 1.49. The highest BCUT2D eigenvalue weighted by Crippen LogP contribution is 2.17. The monoisotopic (exact) mass is 402 g/mol. The van der Waals surface area contributed by atoms with Gasteiger partial charge in [-0.25, -0.2) is 9.98 Å². The molecule has 0 aromatic carbocycles. The van der Waals surface area contributed by atoms with Gasteiger partial charge in [0.1, 0.15) is 5.82 Å². The van der Waals surface area contributed by atoms with Crippen LogP contribution in [0.1, 0.15) is 39.2 Å². The maximum absolute atomic E-state index is 5.94. The summed E-state index contributed by atoms with van der Waals surface area (Å²) in [4.78, 5) is 14.2. The molecule has 0 spiro atoms. The highest BCUT2D eigenvalue weighted by atomic mass is 16.5. The number of aliphatic imine (C=N–C) groups is 1. The average Bonchev–Trinajstić information content (AvgIpc) is 3.25. The first kappa shape index (κ1) is 21.8. The van der Waals surface area contributed by atoms with E-state index in [0.717, 1.165) is 69.8 Å². The molecule has 1 aromatic heterocycles. The van der Waals surface area contributed by atoms with Crippen LogP contribution in [0.15, 0.2) is 23.3 Å². The molecule has 3 heterocycles. The molecule has 7 heteroatoms. The van der Waals surface area contributed by atoms with E-state index >= 15 is 0 Å². The Morgan fingerprint density at radius 3 is 2.76 bits per heavy atom. The third-order valence-corrected chi connectivity index (χ3v) is 5.35. The van der Waals surface area contributed by atoms with Crippen LogP contribution in [0.25, 0.3) is 0 Å². The predicted molar refractivity (Wildman–Crippen MR) is 120 cm³/mol. The lowest BCUT2D eigenvalue weighted by atomic mass is 10.2. The van der Waals surface area contributed by atoms with Crippen molar-refractivity contribution in [2.75, 3.05) is 57.3 Å². The SMILES string of the molecule is CCNC(=NCc1ccc(N2CCCC2)nc1)NCC1CN(CC(C)C)CCO1. The van der Waals surface area contributed by atoms with E-state index in [0.29, 0.717) is 12.5 Å². The van der Waals surface area contributed by atoms with Gasteiger partial charge in [0.2, 0.25) is 0 Å². The van der Waals surface area contributed by atoms with E-state index in [-0.39, 0.29) is 6.10 Å². The Morgan fingerprint density at radius 2 is 2.07 bits per heavy atom. The van der Waals surface area contributed by atoms with Gasteiger partial charge >= 0.3 is 0 Å². The summed E-state index contributed by atoms with van der Waals surface area (Å²) in [5, 5.41) is 6.78. The van der Waals surface area contributed by atoms with Crippen LogP contribution in [0.3, 0.4) is 0 Å². The largest absolute Gasteiger partial charge is 0.374 e. The zero-order chi connectivity index (χ0) is 20.5. The van der Waals surface area contributed by atoms with Crippen LogP contribution < -0.4 is 15.5 Å². The minimum Gasteiger partial charge on any atom is -0.374 e. The maximum atomic E-state index is 5.94. The van der Waals surface area contributed by atoms with Crippen LogP contribution in [-0.2, 0) is 11.3 Å². The van der Waals surface area contributed by atoms with Gasteiger partial charge in [-0.15, -0.1) is 0 Å². The van der Waals surface area contributed by atoms with E-state index in [4.69, 9.17) is 9.73 Å². The summed E-state index contributed by atoms with van der Waals surface area (Å²) < 4.78 is 5.94. The highest BCUT2D eigenvalue weighted by molar-refractivity contribution is 5.79. The molecule has 1 unspecified atom stereocenters.